The number of hydrogen-bond acceptors (Lipinski definition) is 5. The Morgan fingerprint density at radius 2 is 1.80 bits per heavy atom. The average molecular weight is 445 g/mol. The lowest BCUT2D eigenvalue weighted by atomic mass is 10.2. The molecule has 1 heterocycles. The fourth-order valence-electron chi connectivity index (χ4n) is 2.83. The van der Waals surface area contributed by atoms with E-state index in [9.17, 15) is 13.2 Å². The Morgan fingerprint density at radius 3 is 2.40 bits per heavy atom. The summed E-state index contributed by atoms with van der Waals surface area (Å²) >= 11 is 1.46. The highest BCUT2D eigenvalue weighted by molar-refractivity contribution is 7.89. The Bertz CT molecular complexity index is 1050. The summed E-state index contributed by atoms with van der Waals surface area (Å²) in [6, 6.07) is 15.1. The molecule has 0 radical (unpaired) electrons. The average Bonchev–Trinajstić information content (AvgIpc) is 3.25. The zero-order valence-electron chi connectivity index (χ0n) is 16.8. The zero-order chi connectivity index (χ0) is 21.6. The largest absolute Gasteiger partial charge is 0.331 e. The molecule has 0 aliphatic rings. The normalized spacial score (nSPS) is 11.6. The summed E-state index contributed by atoms with van der Waals surface area (Å²) in [7, 11) is -3.69. The summed E-state index contributed by atoms with van der Waals surface area (Å²) in [5, 5.41) is 8.05. The van der Waals surface area contributed by atoms with Gasteiger partial charge in [0, 0.05) is 29.9 Å². The molecule has 7 nitrogen and oxygen atoms in total. The number of sulfonamides is 1. The number of carbonyl (C=O) groups excluding carboxylic acids is 1. The van der Waals surface area contributed by atoms with Gasteiger partial charge < -0.3 is 10.6 Å². The maximum Gasteiger partial charge on any atom is 0.319 e. The van der Waals surface area contributed by atoms with Crippen molar-refractivity contribution in [2.24, 2.45) is 0 Å². The highest BCUT2D eigenvalue weighted by Crippen LogP contribution is 2.22. The van der Waals surface area contributed by atoms with Gasteiger partial charge in [-0.3, -0.25) is 0 Å². The molecule has 0 spiro atoms. The van der Waals surface area contributed by atoms with E-state index < -0.39 is 10.0 Å². The molecular formula is C21H24N4O3S2. The maximum absolute atomic E-state index is 13.2. The minimum atomic E-state index is -3.69. The van der Waals surface area contributed by atoms with Crippen molar-refractivity contribution >= 4 is 33.1 Å². The van der Waals surface area contributed by atoms with Gasteiger partial charge in [0.25, 0.3) is 0 Å². The summed E-state index contributed by atoms with van der Waals surface area (Å²) in [4.78, 5) is 16.3. The van der Waals surface area contributed by atoms with Crippen LogP contribution in [-0.2, 0) is 23.1 Å². The predicted molar refractivity (Wildman–Crippen MR) is 119 cm³/mol. The van der Waals surface area contributed by atoms with Gasteiger partial charge >= 0.3 is 6.03 Å². The van der Waals surface area contributed by atoms with Crippen LogP contribution in [0.15, 0.2) is 71.1 Å². The van der Waals surface area contributed by atoms with Crippen molar-refractivity contribution in [2.75, 3.05) is 5.32 Å². The second kappa shape index (κ2) is 9.84. The summed E-state index contributed by atoms with van der Waals surface area (Å²) < 4.78 is 27.8. The van der Waals surface area contributed by atoms with E-state index in [1.807, 2.05) is 49.6 Å². The van der Waals surface area contributed by atoms with E-state index >= 15 is 0 Å². The van der Waals surface area contributed by atoms with E-state index in [4.69, 9.17) is 0 Å². The van der Waals surface area contributed by atoms with Crippen LogP contribution in [0.1, 0.15) is 24.4 Å². The molecule has 0 saturated heterocycles. The van der Waals surface area contributed by atoms with E-state index in [-0.39, 0.29) is 17.0 Å². The van der Waals surface area contributed by atoms with Gasteiger partial charge in [-0.1, -0.05) is 30.3 Å². The second-order valence-corrected chi connectivity index (χ2v) is 9.76. The lowest BCUT2D eigenvalue weighted by Crippen LogP contribution is -2.36. The van der Waals surface area contributed by atoms with Gasteiger partial charge in [-0.2, -0.15) is 4.31 Å². The highest BCUT2D eigenvalue weighted by Gasteiger charge is 2.27. The number of aromatic nitrogens is 1. The van der Waals surface area contributed by atoms with E-state index in [2.05, 4.69) is 15.6 Å². The summed E-state index contributed by atoms with van der Waals surface area (Å²) in [6.45, 7) is 4.32. The summed E-state index contributed by atoms with van der Waals surface area (Å²) in [5.41, 5.74) is 1.43. The first-order valence-electron chi connectivity index (χ1n) is 9.45. The van der Waals surface area contributed by atoms with E-state index in [0.717, 1.165) is 10.6 Å². The number of anilines is 1. The van der Waals surface area contributed by atoms with Crippen molar-refractivity contribution in [2.45, 2.75) is 37.9 Å². The molecule has 0 unspecified atom stereocenters. The Balaban J connectivity index is 1.67. The molecule has 0 bridgehead atoms. The molecule has 3 rings (SSSR count). The van der Waals surface area contributed by atoms with Gasteiger partial charge in [0.1, 0.15) is 5.01 Å². The molecule has 1 aromatic heterocycles. The van der Waals surface area contributed by atoms with Crippen molar-refractivity contribution in [3.05, 3.63) is 76.7 Å². The van der Waals surface area contributed by atoms with Gasteiger partial charge in [0.05, 0.1) is 11.4 Å². The van der Waals surface area contributed by atoms with Crippen LogP contribution in [0, 0.1) is 0 Å². The number of nitrogens with zero attached hydrogens (tertiary/aromatic N) is 2. The third-order valence-electron chi connectivity index (χ3n) is 4.36. The lowest BCUT2D eigenvalue weighted by molar-refractivity contribution is 0.251. The van der Waals surface area contributed by atoms with Gasteiger partial charge in [-0.25, -0.2) is 18.2 Å². The number of carbonyl (C=O) groups is 1. The molecule has 30 heavy (non-hydrogen) atoms. The zero-order valence-corrected chi connectivity index (χ0v) is 18.4. The van der Waals surface area contributed by atoms with Crippen LogP contribution in [0.25, 0.3) is 0 Å². The van der Waals surface area contributed by atoms with Crippen LogP contribution in [0.3, 0.4) is 0 Å². The van der Waals surface area contributed by atoms with Crippen LogP contribution in [-0.4, -0.2) is 29.8 Å². The Kier molecular flexibility index (Phi) is 7.20. The van der Waals surface area contributed by atoms with Crippen LogP contribution in [0.5, 0.6) is 0 Å². The van der Waals surface area contributed by atoms with Crippen LogP contribution in [0.4, 0.5) is 10.5 Å². The van der Waals surface area contributed by atoms with Crippen molar-refractivity contribution in [3.63, 3.8) is 0 Å². The van der Waals surface area contributed by atoms with Crippen LogP contribution >= 0.6 is 11.3 Å². The monoisotopic (exact) mass is 444 g/mol. The standard InChI is InChI=1S/C21H24N4O3S2/c1-16(2)25(15-17-6-4-3-5-7-17)30(27,28)19-10-8-18(9-11-19)24-21(26)23-14-20-22-12-13-29-20/h3-13,16H,14-15H2,1-2H3,(H2,23,24,26). The summed E-state index contributed by atoms with van der Waals surface area (Å²) in [6.07, 6.45) is 1.68. The fourth-order valence-corrected chi connectivity index (χ4v) is 5.01. The molecule has 0 fully saturated rings. The molecule has 158 valence electrons. The molecule has 0 aliphatic carbocycles. The van der Waals surface area contributed by atoms with Gasteiger partial charge in [0.2, 0.25) is 10.0 Å². The third-order valence-corrected chi connectivity index (χ3v) is 7.18. The molecule has 2 amide bonds. The van der Waals surface area contributed by atoms with Crippen molar-refractivity contribution in [1.29, 1.82) is 0 Å². The molecule has 0 atom stereocenters. The van der Waals surface area contributed by atoms with Crippen molar-refractivity contribution in [1.82, 2.24) is 14.6 Å². The minimum absolute atomic E-state index is 0.181. The van der Waals surface area contributed by atoms with Crippen molar-refractivity contribution < 1.29 is 13.2 Å². The summed E-state index contributed by atoms with van der Waals surface area (Å²) in [5.74, 6) is 0. The quantitative estimate of drug-likeness (QED) is 0.548. The number of hydrogen-bond donors (Lipinski definition) is 2. The van der Waals surface area contributed by atoms with Gasteiger partial charge in [0.15, 0.2) is 0 Å². The Morgan fingerprint density at radius 1 is 1.10 bits per heavy atom. The number of benzene rings is 2. The predicted octanol–water partition coefficient (Wildman–Crippen LogP) is 4.06. The molecule has 9 heteroatoms. The lowest BCUT2D eigenvalue weighted by Gasteiger charge is -2.26. The molecule has 2 aromatic carbocycles. The van der Waals surface area contributed by atoms with Crippen molar-refractivity contribution in [3.8, 4) is 0 Å². The minimum Gasteiger partial charge on any atom is -0.331 e. The SMILES string of the molecule is CC(C)N(Cc1ccccc1)S(=O)(=O)c1ccc(NC(=O)NCc2nccs2)cc1. The van der Waals surface area contributed by atoms with E-state index in [0.29, 0.717) is 18.8 Å². The van der Waals surface area contributed by atoms with E-state index in [1.54, 1.807) is 18.3 Å². The molecule has 2 N–H and O–H groups in total. The number of thiazole rings is 1. The first-order chi connectivity index (χ1) is 14.4. The number of amides is 2. The smallest absolute Gasteiger partial charge is 0.319 e. The van der Waals surface area contributed by atoms with Gasteiger partial charge in [-0.15, -0.1) is 11.3 Å². The number of rotatable bonds is 8. The highest BCUT2D eigenvalue weighted by atomic mass is 32.2. The fraction of sp³-hybridized carbons (Fsp3) is 0.238. The molecular weight excluding hydrogens is 420 g/mol. The number of nitrogens with one attached hydrogen (secondary N) is 2. The Hall–Kier alpha value is -2.75. The van der Waals surface area contributed by atoms with Crippen LogP contribution in [0.2, 0.25) is 0 Å². The van der Waals surface area contributed by atoms with Gasteiger partial charge in [-0.05, 0) is 43.7 Å². The first kappa shape index (κ1) is 21.9. The second-order valence-electron chi connectivity index (χ2n) is 6.89. The maximum atomic E-state index is 13.2. The third kappa shape index (κ3) is 5.65. The van der Waals surface area contributed by atoms with Crippen LogP contribution < -0.4 is 10.6 Å². The Labute approximate surface area is 180 Å². The topological polar surface area (TPSA) is 91.4 Å². The molecule has 3 aromatic rings. The number of urea groups is 1. The van der Waals surface area contributed by atoms with E-state index in [1.165, 1.54) is 27.8 Å². The molecule has 0 aliphatic heterocycles. The first-order valence-corrected chi connectivity index (χ1v) is 11.8. The molecule has 0 saturated carbocycles.